The molecule has 5 heteroatoms. The van der Waals surface area contributed by atoms with E-state index in [-0.39, 0.29) is 12.4 Å². The number of nitrogens with zero attached hydrogens (tertiary/aromatic N) is 3. The Hall–Kier alpha value is -1.91. The van der Waals surface area contributed by atoms with Crippen LogP contribution in [0.15, 0.2) is 30.7 Å². The maximum Gasteiger partial charge on any atom is 0.255 e. The van der Waals surface area contributed by atoms with Gasteiger partial charge in [-0.15, -0.1) is 0 Å². The van der Waals surface area contributed by atoms with E-state index >= 15 is 0 Å². The number of aryl methyl sites for hydroxylation is 1. The van der Waals surface area contributed by atoms with Gasteiger partial charge in [0.1, 0.15) is 6.61 Å². The van der Waals surface area contributed by atoms with Crippen molar-refractivity contribution in [2.24, 2.45) is 7.05 Å². The first-order valence-corrected chi connectivity index (χ1v) is 4.46. The number of halogens is 1. The fourth-order valence-corrected chi connectivity index (χ4v) is 1.19. The molecule has 78 valence electrons. The summed E-state index contributed by atoms with van der Waals surface area (Å²) in [6.07, 6.45) is 4.87. The molecule has 0 bridgehead atoms. The summed E-state index contributed by atoms with van der Waals surface area (Å²) in [5.74, 6) is -0.442. The van der Waals surface area contributed by atoms with Crippen LogP contribution in [0.4, 0.5) is 4.39 Å². The zero-order valence-corrected chi connectivity index (χ0v) is 8.22. The molecule has 0 aliphatic carbocycles. The van der Waals surface area contributed by atoms with Crippen molar-refractivity contribution in [2.45, 2.75) is 6.61 Å². The zero-order valence-electron chi connectivity index (χ0n) is 8.22. The Kier molecular flexibility index (Phi) is 2.62. The number of pyridine rings is 1. The third-order valence-electron chi connectivity index (χ3n) is 1.88. The van der Waals surface area contributed by atoms with Crippen LogP contribution < -0.4 is 4.74 Å². The molecular formula is C10H10FN3O. The highest BCUT2D eigenvalue weighted by Gasteiger charge is 2.03. The van der Waals surface area contributed by atoms with E-state index < -0.39 is 5.95 Å². The molecule has 0 aliphatic rings. The van der Waals surface area contributed by atoms with Crippen molar-refractivity contribution in [3.8, 4) is 5.75 Å². The highest BCUT2D eigenvalue weighted by Crippen LogP contribution is 2.14. The monoisotopic (exact) mass is 207 g/mol. The Balaban J connectivity index is 2.02. The van der Waals surface area contributed by atoms with Crippen LogP contribution in [0.5, 0.6) is 5.75 Å². The molecule has 0 amide bonds. The van der Waals surface area contributed by atoms with Gasteiger partial charge in [0.25, 0.3) is 5.95 Å². The molecule has 2 aromatic rings. The minimum Gasteiger partial charge on any atom is -0.484 e. The predicted octanol–water partition coefficient (Wildman–Crippen LogP) is 1.53. The van der Waals surface area contributed by atoms with Crippen LogP contribution in [0.25, 0.3) is 0 Å². The van der Waals surface area contributed by atoms with Gasteiger partial charge in [0.15, 0.2) is 5.75 Å². The predicted molar refractivity (Wildman–Crippen MR) is 51.7 cm³/mol. The van der Waals surface area contributed by atoms with E-state index in [1.54, 1.807) is 23.0 Å². The average Bonchev–Trinajstić information content (AvgIpc) is 2.63. The molecule has 0 N–H and O–H groups in total. The molecule has 15 heavy (non-hydrogen) atoms. The van der Waals surface area contributed by atoms with E-state index in [0.29, 0.717) is 0 Å². The molecule has 2 rings (SSSR count). The summed E-state index contributed by atoms with van der Waals surface area (Å²) in [4.78, 5) is 3.48. The minimum atomic E-state index is -0.596. The SMILES string of the molecule is Cn1cc(COc2cccnc2F)cn1. The van der Waals surface area contributed by atoms with Gasteiger partial charge in [-0.3, -0.25) is 4.68 Å². The summed E-state index contributed by atoms with van der Waals surface area (Å²) in [6.45, 7) is 0.288. The average molecular weight is 207 g/mol. The van der Waals surface area contributed by atoms with Gasteiger partial charge in [-0.2, -0.15) is 9.49 Å². The first-order chi connectivity index (χ1) is 7.25. The summed E-state index contributed by atoms with van der Waals surface area (Å²) < 4.78 is 20.0. The fraction of sp³-hybridized carbons (Fsp3) is 0.200. The molecule has 4 nitrogen and oxygen atoms in total. The minimum absolute atomic E-state index is 0.154. The van der Waals surface area contributed by atoms with Crippen LogP contribution in [0.2, 0.25) is 0 Å². The lowest BCUT2D eigenvalue weighted by Gasteiger charge is -2.03. The van der Waals surface area contributed by atoms with Crippen LogP contribution in [-0.2, 0) is 13.7 Å². The number of aromatic nitrogens is 3. The topological polar surface area (TPSA) is 39.9 Å². The van der Waals surface area contributed by atoms with E-state index in [0.717, 1.165) is 5.56 Å². The molecule has 0 aliphatic heterocycles. The Morgan fingerprint density at radius 3 is 3.07 bits per heavy atom. The number of ether oxygens (including phenoxy) is 1. The number of hydrogen-bond acceptors (Lipinski definition) is 3. The zero-order chi connectivity index (χ0) is 10.7. The standard InChI is InChI=1S/C10H10FN3O/c1-14-6-8(5-13-14)7-15-9-3-2-4-12-10(9)11/h2-6H,7H2,1H3. The molecule has 2 heterocycles. The van der Waals surface area contributed by atoms with E-state index in [1.165, 1.54) is 6.20 Å². The van der Waals surface area contributed by atoms with Gasteiger partial charge in [-0.05, 0) is 12.1 Å². The quantitative estimate of drug-likeness (QED) is 0.716. The van der Waals surface area contributed by atoms with Gasteiger partial charge in [0.2, 0.25) is 0 Å². The first kappa shape index (κ1) is 9.64. The summed E-state index contributed by atoms with van der Waals surface area (Å²) in [7, 11) is 1.81. The van der Waals surface area contributed by atoms with E-state index in [4.69, 9.17) is 4.74 Å². The lowest BCUT2D eigenvalue weighted by Crippen LogP contribution is -1.97. The van der Waals surface area contributed by atoms with Crippen LogP contribution in [0, 0.1) is 5.95 Å². The summed E-state index contributed by atoms with van der Waals surface area (Å²) in [5.41, 5.74) is 0.890. The summed E-state index contributed by atoms with van der Waals surface area (Å²) in [6, 6.07) is 3.17. The van der Waals surface area contributed by atoms with Gasteiger partial charge in [0.05, 0.1) is 6.20 Å². The van der Waals surface area contributed by atoms with Crippen LogP contribution in [-0.4, -0.2) is 14.8 Å². The van der Waals surface area contributed by atoms with Crippen LogP contribution >= 0.6 is 0 Å². The Labute approximate surface area is 86.3 Å². The second kappa shape index (κ2) is 4.08. The van der Waals surface area contributed by atoms with Crippen molar-refractivity contribution in [3.05, 3.63) is 42.2 Å². The van der Waals surface area contributed by atoms with Gasteiger partial charge in [-0.25, -0.2) is 4.98 Å². The van der Waals surface area contributed by atoms with E-state index in [1.807, 2.05) is 13.2 Å². The summed E-state index contributed by atoms with van der Waals surface area (Å²) >= 11 is 0. The highest BCUT2D eigenvalue weighted by atomic mass is 19.1. The van der Waals surface area contributed by atoms with Crippen LogP contribution in [0.1, 0.15) is 5.56 Å². The number of hydrogen-bond donors (Lipinski definition) is 0. The molecule has 0 fully saturated rings. The lowest BCUT2D eigenvalue weighted by molar-refractivity contribution is 0.286. The molecule has 0 unspecified atom stereocenters. The van der Waals surface area contributed by atoms with Crippen molar-refractivity contribution in [2.75, 3.05) is 0 Å². The van der Waals surface area contributed by atoms with E-state index in [9.17, 15) is 4.39 Å². The van der Waals surface area contributed by atoms with Crippen molar-refractivity contribution < 1.29 is 9.13 Å². The molecule has 0 radical (unpaired) electrons. The number of rotatable bonds is 3. The van der Waals surface area contributed by atoms with E-state index in [2.05, 4.69) is 10.1 Å². The Bertz CT molecular complexity index is 455. The van der Waals surface area contributed by atoms with Crippen LogP contribution in [0.3, 0.4) is 0 Å². The molecule has 2 aromatic heterocycles. The third-order valence-corrected chi connectivity index (χ3v) is 1.88. The molecule has 0 saturated carbocycles. The smallest absolute Gasteiger partial charge is 0.255 e. The van der Waals surface area contributed by atoms with Gasteiger partial charge >= 0.3 is 0 Å². The normalized spacial score (nSPS) is 10.3. The Morgan fingerprint density at radius 1 is 1.53 bits per heavy atom. The van der Waals surface area contributed by atoms with Crippen molar-refractivity contribution in [1.29, 1.82) is 0 Å². The first-order valence-electron chi connectivity index (χ1n) is 4.46. The lowest BCUT2D eigenvalue weighted by atomic mass is 10.4. The van der Waals surface area contributed by atoms with Gasteiger partial charge in [0, 0.05) is 25.0 Å². The molecular weight excluding hydrogens is 197 g/mol. The second-order valence-electron chi connectivity index (χ2n) is 3.10. The maximum atomic E-state index is 13.0. The van der Waals surface area contributed by atoms with Crippen molar-refractivity contribution in [3.63, 3.8) is 0 Å². The van der Waals surface area contributed by atoms with Crippen molar-refractivity contribution >= 4 is 0 Å². The van der Waals surface area contributed by atoms with Gasteiger partial charge < -0.3 is 4.74 Å². The Morgan fingerprint density at radius 2 is 2.40 bits per heavy atom. The second-order valence-corrected chi connectivity index (χ2v) is 3.10. The molecule has 0 aromatic carbocycles. The highest BCUT2D eigenvalue weighted by molar-refractivity contribution is 5.18. The summed E-state index contributed by atoms with van der Waals surface area (Å²) in [5, 5.41) is 3.98. The maximum absolute atomic E-state index is 13.0. The fourth-order valence-electron chi connectivity index (χ4n) is 1.19. The molecule has 0 atom stereocenters. The molecule has 0 saturated heterocycles. The van der Waals surface area contributed by atoms with Crippen molar-refractivity contribution in [1.82, 2.24) is 14.8 Å². The largest absolute Gasteiger partial charge is 0.484 e. The van der Waals surface area contributed by atoms with Gasteiger partial charge in [-0.1, -0.05) is 0 Å². The molecule has 0 spiro atoms. The third kappa shape index (κ3) is 2.31.